The minimum absolute atomic E-state index is 0.626. The molecule has 4 heteroatoms. The van der Waals surface area contributed by atoms with Gasteiger partial charge in [-0.1, -0.05) is 170 Å². The van der Waals surface area contributed by atoms with Crippen LogP contribution in [-0.2, 0) is 0 Å². The number of aromatic nitrogens is 3. The molecule has 8 aromatic carbocycles. The van der Waals surface area contributed by atoms with Gasteiger partial charge in [-0.15, -0.1) is 11.3 Å². The minimum atomic E-state index is 0.626. The Morgan fingerprint density at radius 1 is 0.273 bits per heavy atom. The molecule has 0 N–H and O–H groups in total. The highest BCUT2D eigenvalue weighted by Crippen LogP contribution is 2.42. The van der Waals surface area contributed by atoms with Crippen LogP contribution in [0.3, 0.4) is 0 Å². The summed E-state index contributed by atoms with van der Waals surface area (Å²) >= 11 is 1.84. The van der Waals surface area contributed by atoms with Crippen molar-refractivity contribution in [2.75, 3.05) is 0 Å². The van der Waals surface area contributed by atoms with E-state index in [4.69, 9.17) is 15.0 Å². The summed E-state index contributed by atoms with van der Waals surface area (Å²) < 4.78 is 2.55. The number of benzene rings is 8. The molecule has 0 aliphatic rings. The highest BCUT2D eigenvalue weighted by Gasteiger charge is 2.17. The van der Waals surface area contributed by atoms with Gasteiger partial charge in [-0.2, -0.15) is 0 Å². The largest absolute Gasteiger partial charge is 0.208 e. The van der Waals surface area contributed by atoms with Crippen LogP contribution in [-0.4, -0.2) is 15.0 Å². The molecule has 3 nitrogen and oxygen atoms in total. The summed E-state index contributed by atoms with van der Waals surface area (Å²) in [5, 5.41) is 2.55. The van der Waals surface area contributed by atoms with Crippen LogP contribution in [0, 0.1) is 0 Å². The molecule has 0 fully saturated rings. The second-order valence-corrected chi connectivity index (χ2v) is 14.7. The summed E-state index contributed by atoms with van der Waals surface area (Å²) in [6.45, 7) is 0. The van der Waals surface area contributed by atoms with E-state index in [9.17, 15) is 0 Å². The van der Waals surface area contributed by atoms with E-state index in [1.165, 1.54) is 36.9 Å². The molecule has 2 aromatic heterocycles. The summed E-state index contributed by atoms with van der Waals surface area (Å²) in [5.41, 5.74) is 12.0. The van der Waals surface area contributed by atoms with E-state index in [-0.39, 0.29) is 0 Å². The van der Waals surface area contributed by atoms with Crippen LogP contribution < -0.4 is 0 Å². The molecule has 0 aliphatic carbocycles. The molecule has 0 bridgehead atoms. The summed E-state index contributed by atoms with van der Waals surface area (Å²) in [7, 11) is 0. The lowest BCUT2D eigenvalue weighted by Crippen LogP contribution is -2.00. The summed E-state index contributed by atoms with van der Waals surface area (Å²) in [6.07, 6.45) is 0. The van der Waals surface area contributed by atoms with Crippen LogP contribution in [0.15, 0.2) is 200 Å². The summed E-state index contributed by atoms with van der Waals surface area (Å²) in [4.78, 5) is 15.5. The maximum Gasteiger partial charge on any atom is 0.164 e. The monoisotopic (exact) mass is 719 g/mol. The van der Waals surface area contributed by atoms with Gasteiger partial charge < -0.3 is 0 Å². The van der Waals surface area contributed by atoms with Crippen molar-refractivity contribution in [3.05, 3.63) is 200 Å². The third kappa shape index (κ3) is 6.39. The molecule has 0 radical (unpaired) electrons. The summed E-state index contributed by atoms with van der Waals surface area (Å²) in [6, 6.07) is 70.5. The van der Waals surface area contributed by atoms with Crippen molar-refractivity contribution in [1.29, 1.82) is 0 Å². The zero-order chi connectivity index (χ0) is 36.6. The molecule has 10 aromatic rings. The normalized spacial score (nSPS) is 11.3. The predicted molar refractivity (Wildman–Crippen MR) is 231 cm³/mol. The first kappa shape index (κ1) is 32.6. The Hall–Kier alpha value is -7.01. The second-order valence-electron chi connectivity index (χ2n) is 13.6. The van der Waals surface area contributed by atoms with E-state index in [1.807, 2.05) is 35.6 Å². The van der Waals surface area contributed by atoms with Crippen molar-refractivity contribution in [2.45, 2.75) is 0 Å². The van der Waals surface area contributed by atoms with Crippen molar-refractivity contribution < 1.29 is 0 Å². The quantitative estimate of drug-likeness (QED) is 0.165. The van der Waals surface area contributed by atoms with Crippen molar-refractivity contribution in [3.63, 3.8) is 0 Å². The Balaban J connectivity index is 1.18. The lowest BCUT2D eigenvalue weighted by molar-refractivity contribution is 1.07. The molecule has 55 heavy (non-hydrogen) atoms. The molecule has 258 valence electrons. The lowest BCUT2D eigenvalue weighted by atomic mass is 9.94. The molecule has 2 heterocycles. The first-order chi connectivity index (χ1) is 27.2. The molecule has 0 saturated heterocycles. The number of nitrogens with zero attached hydrogens (tertiary/aromatic N) is 3. The molecule has 0 atom stereocenters. The van der Waals surface area contributed by atoms with Gasteiger partial charge in [-0.3, -0.25) is 0 Å². The fourth-order valence-electron chi connectivity index (χ4n) is 7.36. The van der Waals surface area contributed by atoms with Crippen molar-refractivity contribution in [2.24, 2.45) is 0 Å². The standard InChI is InChI=1S/C51H33N3S/c1-4-14-34(15-5-1)36-26-28-37(29-27-36)41-31-42(44-23-13-24-46-45-22-10-11-25-47(45)55-48(44)46)33-43(32-41)51-53-49(38-18-8-3-9-19-38)52-50(54-51)40-21-12-20-39(30-40)35-16-6-2-7-17-35/h1-33H. The van der Waals surface area contributed by atoms with Crippen LogP contribution in [0.2, 0.25) is 0 Å². The van der Waals surface area contributed by atoms with Gasteiger partial charge in [0.1, 0.15) is 0 Å². The van der Waals surface area contributed by atoms with E-state index in [1.54, 1.807) is 0 Å². The maximum atomic E-state index is 5.24. The highest BCUT2D eigenvalue weighted by atomic mass is 32.1. The van der Waals surface area contributed by atoms with Crippen LogP contribution in [0.5, 0.6) is 0 Å². The number of rotatable bonds is 7. The van der Waals surface area contributed by atoms with Crippen molar-refractivity contribution in [3.8, 4) is 78.7 Å². The lowest BCUT2D eigenvalue weighted by Gasteiger charge is -2.13. The number of hydrogen-bond donors (Lipinski definition) is 0. The van der Waals surface area contributed by atoms with E-state index < -0.39 is 0 Å². The van der Waals surface area contributed by atoms with Crippen LogP contribution in [0.1, 0.15) is 0 Å². The van der Waals surface area contributed by atoms with E-state index in [0.29, 0.717) is 17.5 Å². The van der Waals surface area contributed by atoms with Gasteiger partial charge in [0.25, 0.3) is 0 Å². The Bertz CT molecular complexity index is 2950. The minimum Gasteiger partial charge on any atom is -0.208 e. The second kappa shape index (κ2) is 14.1. The molecular weight excluding hydrogens is 687 g/mol. The van der Waals surface area contributed by atoms with Gasteiger partial charge in [-0.25, -0.2) is 15.0 Å². The fraction of sp³-hybridized carbons (Fsp3) is 0. The van der Waals surface area contributed by atoms with Gasteiger partial charge in [0.05, 0.1) is 0 Å². The Morgan fingerprint density at radius 3 is 1.42 bits per heavy atom. The van der Waals surface area contributed by atoms with Gasteiger partial charge in [-0.05, 0) is 74.8 Å². The number of thiophene rings is 1. The molecule has 0 aliphatic heterocycles. The van der Waals surface area contributed by atoms with Crippen LogP contribution >= 0.6 is 11.3 Å². The predicted octanol–water partition coefficient (Wildman–Crippen LogP) is 13.9. The van der Waals surface area contributed by atoms with Crippen molar-refractivity contribution >= 4 is 31.5 Å². The van der Waals surface area contributed by atoms with E-state index in [0.717, 1.165) is 44.5 Å². The molecule has 0 unspecified atom stereocenters. The average Bonchev–Trinajstić information content (AvgIpc) is 3.66. The zero-order valence-corrected chi connectivity index (χ0v) is 30.6. The third-order valence-electron chi connectivity index (χ3n) is 10.1. The average molecular weight is 720 g/mol. The molecule has 10 rings (SSSR count). The zero-order valence-electron chi connectivity index (χ0n) is 29.8. The SMILES string of the molecule is c1ccc(-c2ccc(-c3cc(-c4nc(-c5ccccc5)nc(-c5cccc(-c6ccccc6)c5)n4)cc(-c4cccc5c4sc4ccccc45)c3)cc2)cc1. The van der Waals surface area contributed by atoms with Crippen molar-refractivity contribution in [1.82, 2.24) is 15.0 Å². The Morgan fingerprint density at radius 2 is 0.709 bits per heavy atom. The van der Waals surface area contributed by atoms with Crippen LogP contribution in [0.25, 0.3) is 98.8 Å². The molecule has 0 amide bonds. The topological polar surface area (TPSA) is 38.7 Å². The van der Waals surface area contributed by atoms with Gasteiger partial charge in [0.2, 0.25) is 0 Å². The molecule has 0 saturated carbocycles. The number of fused-ring (bicyclic) bond motifs is 3. The molecular formula is C51H33N3S. The number of hydrogen-bond acceptors (Lipinski definition) is 4. The van der Waals surface area contributed by atoms with Crippen LogP contribution in [0.4, 0.5) is 0 Å². The Labute approximate surface area is 323 Å². The first-order valence-corrected chi connectivity index (χ1v) is 19.2. The maximum absolute atomic E-state index is 5.24. The van der Waals surface area contributed by atoms with Gasteiger partial charge in [0, 0.05) is 36.9 Å². The first-order valence-electron chi connectivity index (χ1n) is 18.4. The highest BCUT2D eigenvalue weighted by molar-refractivity contribution is 7.26. The fourth-order valence-corrected chi connectivity index (χ4v) is 8.60. The van der Waals surface area contributed by atoms with E-state index in [2.05, 4.69) is 176 Å². The molecule has 0 spiro atoms. The third-order valence-corrected chi connectivity index (χ3v) is 11.3. The summed E-state index contributed by atoms with van der Waals surface area (Å²) in [5.74, 6) is 1.89. The van der Waals surface area contributed by atoms with E-state index >= 15 is 0 Å². The Kier molecular flexibility index (Phi) is 8.36. The van der Waals surface area contributed by atoms with Gasteiger partial charge >= 0.3 is 0 Å². The smallest absolute Gasteiger partial charge is 0.164 e. The van der Waals surface area contributed by atoms with Gasteiger partial charge in [0.15, 0.2) is 17.5 Å².